The highest BCUT2D eigenvalue weighted by Crippen LogP contribution is 2.52. The Kier molecular flexibility index (Phi) is 5.73. The lowest BCUT2D eigenvalue weighted by Crippen LogP contribution is -2.69. The first kappa shape index (κ1) is 18.4. The molecule has 120 valence electrons. The minimum Gasteiger partial charge on any atom is -0.347 e. The van der Waals surface area contributed by atoms with Gasteiger partial charge in [-0.2, -0.15) is 0 Å². The van der Waals surface area contributed by atoms with Gasteiger partial charge in [0.2, 0.25) is 0 Å². The van der Waals surface area contributed by atoms with Crippen molar-refractivity contribution in [2.75, 3.05) is 0 Å². The second kappa shape index (κ2) is 6.23. The molecule has 2 N–H and O–H groups in total. The minimum absolute atomic E-state index is 0.574. The van der Waals surface area contributed by atoms with Crippen LogP contribution < -0.4 is 9.63 Å². The van der Waals surface area contributed by atoms with Crippen molar-refractivity contribution in [3.63, 3.8) is 0 Å². The highest BCUT2D eigenvalue weighted by molar-refractivity contribution is 6.90. The molecule has 0 aliphatic heterocycles. The summed E-state index contributed by atoms with van der Waals surface area (Å²) >= 11 is 0. The van der Waals surface area contributed by atoms with E-state index in [0.29, 0.717) is 6.04 Å². The Hall–Kier alpha value is 0.354. The Morgan fingerprint density at radius 2 is 1.15 bits per heavy atom. The van der Waals surface area contributed by atoms with Crippen LogP contribution in [0.5, 0.6) is 0 Å². The fourth-order valence-electron chi connectivity index (χ4n) is 5.05. The van der Waals surface area contributed by atoms with E-state index in [1.165, 1.54) is 0 Å². The molecule has 0 saturated heterocycles. The third-order valence-electron chi connectivity index (χ3n) is 5.74. The molecule has 20 heavy (non-hydrogen) atoms. The molecule has 0 aromatic carbocycles. The molecular weight excluding hydrogens is 276 g/mol. The van der Waals surface area contributed by atoms with Gasteiger partial charge in [-0.3, -0.25) is 0 Å². The molecule has 0 aromatic heterocycles. The molecule has 1 aliphatic carbocycles. The Morgan fingerprint density at radius 3 is 1.50 bits per heavy atom. The van der Waals surface area contributed by atoms with Gasteiger partial charge in [0, 0.05) is 0 Å². The topological polar surface area (TPSA) is 24.1 Å². The predicted octanol–water partition coefficient (Wildman–Crippen LogP) is 4.41. The highest BCUT2D eigenvalue weighted by atomic mass is 28.4. The van der Waals surface area contributed by atoms with E-state index in [0.717, 1.165) is 29.2 Å². The third kappa shape index (κ3) is 3.96. The summed E-state index contributed by atoms with van der Waals surface area (Å²) in [4.78, 5) is 3.81. The molecule has 0 bridgehead atoms. The molecule has 0 aromatic rings. The van der Waals surface area contributed by atoms with Crippen LogP contribution in [-0.2, 0) is 0 Å². The Bertz CT molecular complexity index is 314. The number of hydrogen-bond acceptors (Lipinski definition) is 2. The van der Waals surface area contributed by atoms with E-state index in [2.05, 4.69) is 77.4 Å². The van der Waals surface area contributed by atoms with Crippen molar-refractivity contribution in [1.29, 1.82) is 0 Å². The lowest BCUT2D eigenvalue weighted by Gasteiger charge is -2.43. The zero-order chi connectivity index (χ0) is 15.9. The quantitative estimate of drug-likeness (QED) is 0.735. The van der Waals surface area contributed by atoms with Crippen LogP contribution in [0.4, 0.5) is 0 Å². The summed E-state index contributed by atoms with van der Waals surface area (Å²) in [5.74, 6) is 3.45. The van der Waals surface area contributed by atoms with Crippen LogP contribution >= 0.6 is 0 Å². The summed E-state index contributed by atoms with van der Waals surface area (Å²) in [6.07, 6.45) is 0. The smallest absolute Gasteiger partial charge is 0.188 e. The van der Waals surface area contributed by atoms with Crippen molar-refractivity contribution in [1.82, 2.24) is 9.63 Å². The molecule has 4 heteroatoms. The average molecular weight is 315 g/mol. The van der Waals surface area contributed by atoms with Gasteiger partial charge in [0.05, 0.1) is 0 Å². The molecule has 4 unspecified atom stereocenters. The maximum atomic E-state index is 4.17. The van der Waals surface area contributed by atoms with Crippen molar-refractivity contribution < 1.29 is 0 Å². The minimum atomic E-state index is -1.51. The molecule has 1 saturated carbocycles. The molecule has 0 radical (unpaired) electrons. The first-order valence-electron chi connectivity index (χ1n) is 8.46. The summed E-state index contributed by atoms with van der Waals surface area (Å²) in [5.41, 5.74) is 0.897. The summed E-state index contributed by atoms with van der Waals surface area (Å²) in [5, 5.41) is 0. The van der Waals surface area contributed by atoms with Gasteiger partial charge in [-0.1, -0.05) is 54.6 Å². The van der Waals surface area contributed by atoms with E-state index < -0.39 is 16.6 Å². The molecule has 1 fully saturated rings. The Morgan fingerprint density at radius 1 is 0.750 bits per heavy atom. The Labute approximate surface area is 129 Å². The van der Waals surface area contributed by atoms with Gasteiger partial charge < -0.3 is 9.63 Å². The predicted molar refractivity (Wildman–Crippen MR) is 96.8 cm³/mol. The van der Waals surface area contributed by atoms with Crippen LogP contribution in [0.3, 0.4) is 0 Å². The monoisotopic (exact) mass is 314 g/mol. The maximum Gasteiger partial charge on any atom is 0.188 e. The lowest BCUT2D eigenvalue weighted by atomic mass is 9.92. The van der Waals surface area contributed by atoms with Gasteiger partial charge in [0.1, 0.15) is 8.24 Å². The molecule has 4 atom stereocenters. The van der Waals surface area contributed by atoms with Crippen molar-refractivity contribution >= 4 is 16.6 Å². The lowest BCUT2D eigenvalue weighted by molar-refractivity contribution is 0.352. The largest absolute Gasteiger partial charge is 0.347 e. The van der Waals surface area contributed by atoms with Gasteiger partial charge in [-0.25, -0.2) is 0 Å². The van der Waals surface area contributed by atoms with Crippen LogP contribution in [0.2, 0.25) is 31.7 Å². The molecule has 1 aliphatic rings. The van der Waals surface area contributed by atoms with E-state index in [4.69, 9.17) is 0 Å². The molecule has 0 spiro atoms. The molecular formula is C16H38N2Si2. The van der Waals surface area contributed by atoms with Crippen LogP contribution in [-0.4, -0.2) is 22.7 Å². The Balaban J connectivity index is 2.88. The van der Waals surface area contributed by atoms with Gasteiger partial charge in [-0.15, -0.1) is 0 Å². The number of nitrogens with one attached hydrogen (secondary N) is 2. The first-order valence-corrected chi connectivity index (χ1v) is 14.5. The standard InChI is InChI=1S/C16H38N2Si2/c1-11(2)17-20(9,10)18-19(7,8)16-14(5)12(3)13(4)15(16)6/h11-18H,1-10H3. The van der Waals surface area contributed by atoms with Crippen LogP contribution in [0, 0.1) is 23.7 Å². The average Bonchev–Trinajstić information content (AvgIpc) is 2.39. The van der Waals surface area contributed by atoms with Crippen LogP contribution in [0.25, 0.3) is 0 Å². The van der Waals surface area contributed by atoms with Gasteiger partial charge in [0.25, 0.3) is 0 Å². The molecule has 1 rings (SSSR count). The van der Waals surface area contributed by atoms with Crippen molar-refractivity contribution in [2.24, 2.45) is 23.7 Å². The van der Waals surface area contributed by atoms with Gasteiger partial charge in [0.15, 0.2) is 8.40 Å². The second-order valence-electron chi connectivity index (χ2n) is 8.73. The maximum absolute atomic E-state index is 4.17. The summed E-state index contributed by atoms with van der Waals surface area (Å²) in [6.45, 7) is 24.4. The van der Waals surface area contributed by atoms with E-state index in [1.54, 1.807) is 0 Å². The molecule has 0 heterocycles. The third-order valence-corrected chi connectivity index (χ3v) is 14.8. The SMILES string of the molecule is CC(C)N[Si](C)(C)N[Si](C)(C)C1C(C)C(C)C(C)C1C. The van der Waals surface area contributed by atoms with E-state index in [9.17, 15) is 0 Å². The zero-order valence-corrected chi connectivity index (χ0v) is 17.5. The van der Waals surface area contributed by atoms with Crippen LogP contribution in [0.1, 0.15) is 41.5 Å². The van der Waals surface area contributed by atoms with Crippen LogP contribution in [0.15, 0.2) is 0 Å². The summed E-state index contributed by atoms with van der Waals surface area (Å²) in [7, 11) is -2.94. The molecule has 0 amide bonds. The van der Waals surface area contributed by atoms with Crippen molar-refractivity contribution in [3.05, 3.63) is 0 Å². The fourth-order valence-corrected chi connectivity index (χ4v) is 17.1. The van der Waals surface area contributed by atoms with E-state index >= 15 is 0 Å². The van der Waals surface area contributed by atoms with Gasteiger partial charge in [-0.05, 0) is 48.3 Å². The van der Waals surface area contributed by atoms with Gasteiger partial charge >= 0.3 is 0 Å². The summed E-state index contributed by atoms with van der Waals surface area (Å²) in [6, 6.07) is 0.574. The fraction of sp³-hybridized carbons (Fsp3) is 1.00. The van der Waals surface area contributed by atoms with Crippen molar-refractivity contribution in [2.45, 2.75) is 79.3 Å². The number of hydrogen-bond donors (Lipinski definition) is 2. The highest BCUT2D eigenvalue weighted by Gasteiger charge is 2.50. The van der Waals surface area contributed by atoms with E-state index in [-0.39, 0.29) is 0 Å². The van der Waals surface area contributed by atoms with E-state index in [1.807, 2.05) is 0 Å². The zero-order valence-electron chi connectivity index (χ0n) is 15.5. The van der Waals surface area contributed by atoms with Crippen molar-refractivity contribution in [3.8, 4) is 0 Å². The number of rotatable bonds is 5. The second-order valence-corrected chi connectivity index (χ2v) is 17.4. The molecule has 2 nitrogen and oxygen atoms in total. The first-order chi connectivity index (χ1) is 8.89. The summed E-state index contributed by atoms with van der Waals surface area (Å²) < 4.78 is 4.17. The normalized spacial score (nSPS) is 35.9.